The van der Waals surface area contributed by atoms with Crippen molar-refractivity contribution in [2.45, 2.75) is 18.2 Å². The summed E-state index contributed by atoms with van der Waals surface area (Å²) in [6.45, 7) is 1.15. The number of H-pyrrole nitrogens is 1. The number of Topliss-reactive ketones (excluding diaryl/α,β-unsaturated/α-hetero) is 1. The Bertz CT molecular complexity index is 1350. The molecule has 0 saturated heterocycles. The van der Waals surface area contributed by atoms with Crippen LogP contribution in [-0.4, -0.2) is 42.8 Å². The standard InChI is InChI=1S/C20H19N5O6S/c1-12(26)13-6-8-14(9-7-13)32(30,31)21-11-10-17(27)22-25-20(29)18-15-4-2-3-5-16(15)19(28)24-23-18/h2-9,21H,10-11H2,1H3,(H,22,27)(H,24,28)(H,25,29). The Morgan fingerprint density at radius 2 is 1.62 bits per heavy atom. The van der Waals surface area contributed by atoms with Crippen molar-refractivity contribution in [2.75, 3.05) is 6.54 Å². The fraction of sp³-hybridized carbons (Fsp3) is 0.150. The van der Waals surface area contributed by atoms with Crippen LogP contribution in [0.2, 0.25) is 0 Å². The van der Waals surface area contributed by atoms with Gasteiger partial charge < -0.3 is 0 Å². The number of hydrogen-bond donors (Lipinski definition) is 4. The molecule has 166 valence electrons. The Balaban J connectivity index is 1.53. The maximum absolute atomic E-state index is 12.3. The second-order valence-electron chi connectivity index (χ2n) is 6.68. The SMILES string of the molecule is CC(=O)c1ccc(S(=O)(=O)NCCC(=O)NNC(=O)c2n[nH]c(=O)c3ccccc23)cc1. The van der Waals surface area contributed by atoms with E-state index in [4.69, 9.17) is 0 Å². The molecule has 0 radical (unpaired) electrons. The minimum atomic E-state index is -3.87. The normalized spacial score (nSPS) is 11.2. The number of nitrogens with one attached hydrogen (secondary N) is 4. The molecular formula is C20H19N5O6S. The number of hydrazine groups is 1. The summed E-state index contributed by atoms with van der Waals surface area (Å²) in [7, 11) is -3.87. The first-order valence-corrected chi connectivity index (χ1v) is 10.8. The minimum absolute atomic E-state index is 0.0489. The summed E-state index contributed by atoms with van der Waals surface area (Å²) in [6.07, 6.45) is -0.259. The first-order chi connectivity index (χ1) is 15.2. The summed E-state index contributed by atoms with van der Waals surface area (Å²) < 4.78 is 26.8. The number of ketones is 1. The highest BCUT2D eigenvalue weighted by atomic mass is 32.2. The van der Waals surface area contributed by atoms with Crippen molar-refractivity contribution < 1.29 is 22.8 Å². The van der Waals surface area contributed by atoms with Gasteiger partial charge in [0.2, 0.25) is 15.9 Å². The Morgan fingerprint density at radius 3 is 2.28 bits per heavy atom. The van der Waals surface area contributed by atoms with E-state index in [9.17, 15) is 27.6 Å². The van der Waals surface area contributed by atoms with Gasteiger partial charge in [-0.15, -0.1) is 0 Å². The zero-order valence-corrected chi connectivity index (χ0v) is 17.7. The van der Waals surface area contributed by atoms with E-state index in [1.54, 1.807) is 18.2 Å². The summed E-state index contributed by atoms with van der Waals surface area (Å²) in [6, 6.07) is 11.7. The highest BCUT2D eigenvalue weighted by molar-refractivity contribution is 7.89. The molecule has 2 amide bonds. The van der Waals surface area contributed by atoms with Gasteiger partial charge in [0.25, 0.3) is 11.5 Å². The molecule has 0 spiro atoms. The molecule has 0 aliphatic heterocycles. The molecule has 12 heteroatoms. The first-order valence-electron chi connectivity index (χ1n) is 9.36. The molecule has 11 nitrogen and oxygen atoms in total. The van der Waals surface area contributed by atoms with E-state index in [1.807, 2.05) is 0 Å². The highest BCUT2D eigenvalue weighted by Crippen LogP contribution is 2.12. The number of aromatic nitrogens is 2. The summed E-state index contributed by atoms with van der Waals surface area (Å²) >= 11 is 0. The van der Waals surface area contributed by atoms with Crippen LogP contribution in [0.25, 0.3) is 10.8 Å². The van der Waals surface area contributed by atoms with Gasteiger partial charge in [0.05, 0.1) is 10.3 Å². The van der Waals surface area contributed by atoms with Crippen LogP contribution in [0.15, 0.2) is 58.2 Å². The molecule has 0 fully saturated rings. The van der Waals surface area contributed by atoms with E-state index in [0.717, 1.165) is 0 Å². The van der Waals surface area contributed by atoms with Gasteiger partial charge in [0.1, 0.15) is 0 Å². The Labute approximate surface area is 182 Å². The third kappa shape index (κ3) is 5.22. The molecule has 1 heterocycles. The van der Waals surface area contributed by atoms with E-state index in [0.29, 0.717) is 10.9 Å². The van der Waals surface area contributed by atoms with E-state index in [2.05, 4.69) is 25.8 Å². The number of rotatable bonds is 7. The molecule has 1 aromatic heterocycles. The molecule has 3 rings (SSSR count). The Hall–Kier alpha value is -3.90. The van der Waals surface area contributed by atoms with Crippen LogP contribution < -0.4 is 21.1 Å². The van der Waals surface area contributed by atoms with Crippen molar-refractivity contribution in [3.8, 4) is 0 Å². The van der Waals surface area contributed by atoms with Crippen LogP contribution in [0.3, 0.4) is 0 Å². The van der Waals surface area contributed by atoms with Crippen LogP contribution in [0, 0.1) is 0 Å². The number of hydrogen-bond acceptors (Lipinski definition) is 7. The fourth-order valence-electron chi connectivity index (χ4n) is 2.79. The van der Waals surface area contributed by atoms with Crippen molar-refractivity contribution in [1.29, 1.82) is 0 Å². The maximum atomic E-state index is 12.3. The van der Waals surface area contributed by atoms with Crippen molar-refractivity contribution >= 4 is 38.4 Å². The summed E-state index contributed by atoms with van der Waals surface area (Å²) in [4.78, 5) is 47.3. The number of amides is 2. The minimum Gasteiger partial charge on any atom is -0.295 e. The molecule has 32 heavy (non-hydrogen) atoms. The van der Waals surface area contributed by atoms with E-state index in [1.165, 1.54) is 37.3 Å². The van der Waals surface area contributed by atoms with E-state index >= 15 is 0 Å². The van der Waals surface area contributed by atoms with Crippen molar-refractivity contribution in [3.05, 3.63) is 70.1 Å². The number of nitrogens with zero attached hydrogens (tertiary/aromatic N) is 1. The van der Waals surface area contributed by atoms with Crippen LogP contribution in [0.1, 0.15) is 34.2 Å². The zero-order valence-electron chi connectivity index (χ0n) is 16.8. The summed E-state index contributed by atoms with van der Waals surface area (Å²) in [5, 5.41) is 6.51. The highest BCUT2D eigenvalue weighted by Gasteiger charge is 2.16. The lowest BCUT2D eigenvalue weighted by atomic mass is 10.1. The molecule has 4 N–H and O–H groups in total. The van der Waals surface area contributed by atoms with Gasteiger partial charge in [0, 0.05) is 23.9 Å². The molecule has 0 atom stereocenters. The molecule has 2 aromatic carbocycles. The van der Waals surface area contributed by atoms with Gasteiger partial charge in [-0.3, -0.25) is 30.0 Å². The topological polar surface area (TPSA) is 167 Å². The summed E-state index contributed by atoms with van der Waals surface area (Å²) in [5.41, 5.74) is 4.17. The third-order valence-corrected chi connectivity index (χ3v) is 5.92. The average Bonchev–Trinajstić information content (AvgIpc) is 2.78. The second-order valence-corrected chi connectivity index (χ2v) is 8.44. The Kier molecular flexibility index (Phi) is 6.76. The molecule has 0 aliphatic rings. The number of fused-ring (bicyclic) bond motifs is 1. The number of benzene rings is 2. The van der Waals surface area contributed by atoms with E-state index in [-0.39, 0.29) is 34.7 Å². The second kappa shape index (κ2) is 9.49. The fourth-order valence-corrected chi connectivity index (χ4v) is 3.82. The summed E-state index contributed by atoms with van der Waals surface area (Å²) in [5.74, 6) is -1.59. The first kappa shape index (κ1) is 22.8. The smallest absolute Gasteiger partial charge is 0.290 e. The Morgan fingerprint density at radius 1 is 0.969 bits per heavy atom. The van der Waals surface area contributed by atoms with Gasteiger partial charge >= 0.3 is 0 Å². The number of carbonyl (C=O) groups excluding carboxylic acids is 3. The quantitative estimate of drug-likeness (QED) is 0.291. The predicted octanol–water partition coefficient (Wildman–Crippen LogP) is 0.255. The largest absolute Gasteiger partial charge is 0.295 e. The van der Waals surface area contributed by atoms with Gasteiger partial charge in [0.15, 0.2) is 11.5 Å². The third-order valence-electron chi connectivity index (χ3n) is 4.44. The van der Waals surface area contributed by atoms with Gasteiger partial charge in [-0.1, -0.05) is 30.3 Å². The lowest BCUT2D eigenvalue weighted by molar-refractivity contribution is -0.121. The predicted molar refractivity (Wildman–Crippen MR) is 114 cm³/mol. The van der Waals surface area contributed by atoms with Crippen LogP contribution in [0.4, 0.5) is 0 Å². The molecule has 0 aliphatic carbocycles. The van der Waals surface area contributed by atoms with Crippen molar-refractivity contribution in [2.24, 2.45) is 0 Å². The number of sulfonamides is 1. The zero-order chi connectivity index (χ0) is 23.3. The number of carbonyl (C=O) groups is 3. The maximum Gasteiger partial charge on any atom is 0.290 e. The molecular weight excluding hydrogens is 438 g/mol. The molecule has 0 bridgehead atoms. The van der Waals surface area contributed by atoms with Crippen LogP contribution in [-0.2, 0) is 14.8 Å². The lowest BCUT2D eigenvalue weighted by Gasteiger charge is -2.09. The lowest BCUT2D eigenvalue weighted by Crippen LogP contribution is -2.43. The molecule has 3 aromatic rings. The van der Waals surface area contributed by atoms with Gasteiger partial charge in [-0.25, -0.2) is 18.2 Å². The monoisotopic (exact) mass is 457 g/mol. The van der Waals surface area contributed by atoms with Crippen LogP contribution in [0.5, 0.6) is 0 Å². The average molecular weight is 457 g/mol. The molecule has 0 saturated carbocycles. The van der Waals surface area contributed by atoms with E-state index < -0.39 is 27.4 Å². The molecule has 0 unspecified atom stereocenters. The van der Waals surface area contributed by atoms with Crippen LogP contribution >= 0.6 is 0 Å². The number of aromatic amines is 1. The van der Waals surface area contributed by atoms with Gasteiger partial charge in [-0.05, 0) is 25.1 Å². The van der Waals surface area contributed by atoms with Crippen molar-refractivity contribution in [1.82, 2.24) is 25.8 Å². The van der Waals surface area contributed by atoms with Crippen molar-refractivity contribution in [3.63, 3.8) is 0 Å². The van der Waals surface area contributed by atoms with Gasteiger partial charge in [-0.2, -0.15) is 5.10 Å².